The molecule has 3 amide bonds. The zero-order chi connectivity index (χ0) is 19.9. The van der Waals surface area contributed by atoms with Crippen molar-refractivity contribution in [2.45, 2.75) is 58.0 Å². The molecule has 1 saturated carbocycles. The quantitative estimate of drug-likeness (QED) is 0.720. The van der Waals surface area contributed by atoms with Gasteiger partial charge in [0.15, 0.2) is 0 Å². The lowest BCUT2D eigenvalue weighted by atomic mass is 10.1. The summed E-state index contributed by atoms with van der Waals surface area (Å²) in [6.45, 7) is 7.33. The second-order valence-electron chi connectivity index (χ2n) is 8.52. The lowest BCUT2D eigenvalue weighted by Gasteiger charge is -2.33. The molecule has 0 atom stereocenters. The monoisotopic (exact) mass is 386 g/mol. The topological polar surface area (TPSA) is 64.7 Å². The fourth-order valence-electron chi connectivity index (χ4n) is 3.65. The number of nitrogens with zero attached hydrogens (tertiary/aromatic N) is 2. The van der Waals surface area contributed by atoms with Crippen LogP contribution in [0.1, 0.15) is 46.0 Å². The van der Waals surface area contributed by atoms with Crippen molar-refractivity contribution in [3.63, 3.8) is 0 Å². The summed E-state index contributed by atoms with van der Waals surface area (Å²) in [6, 6.07) is 10.3. The van der Waals surface area contributed by atoms with Crippen molar-refractivity contribution in [2.24, 2.45) is 5.92 Å². The molecule has 6 heteroatoms. The lowest BCUT2D eigenvalue weighted by molar-refractivity contribution is -0.117. The Morgan fingerprint density at radius 2 is 1.79 bits per heavy atom. The summed E-state index contributed by atoms with van der Waals surface area (Å²) >= 11 is 0. The van der Waals surface area contributed by atoms with Crippen molar-refractivity contribution in [2.75, 3.05) is 31.5 Å². The largest absolute Gasteiger partial charge is 0.335 e. The molecule has 1 aromatic carbocycles. The maximum absolute atomic E-state index is 12.7. The fraction of sp³-hybridized carbons (Fsp3) is 0.636. The van der Waals surface area contributed by atoms with Crippen LogP contribution in [0.2, 0.25) is 0 Å². The van der Waals surface area contributed by atoms with E-state index < -0.39 is 0 Å². The first-order chi connectivity index (χ1) is 13.5. The molecule has 1 aliphatic carbocycles. The van der Waals surface area contributed by atoms with Crippen molar-refractivity contribution >= 4 is 17.6 Å². The first-order valence-electron chi connectivity index (χ1n) is 10.7. The van der Waals surface area contributed by atoms with Crippen LogP contribution in [0.3, 0.4) is 0 Å². The van der Waals surface area contributed by atoms with E-state index in [9.17, 15) is 9.59 Å². The van der Waals surface area contributed by atoms with Crippen LogP contribution in [0.25, 0.3) is 0 Å². The van der Waals surface area contributed by atoms with E-state index in [1.165, 1.54) is 0 Å². The van der Waals surface area contributed by atoms with Crippen LogP contribution in [-0.4, -0.2) is 60.0 Å². The number of piperidine rings is 1. The Morgan fingerprint density at radius 1 is 1.11 bits per heavy atom. The van der Waals surface area contributed by atoms with E-state index >= 15 is 0 Å². The number of para-hydroxylation sites is 1. The van der Waals surface area contributed by atoms with Crippen molar-refractivity contribution in [1.82, 2.24) is 15.1 Å². The molecule has 2 aliphatic rings. The van der Waals surface area contributed by atoms with Crippen molar-refractivity contribution < 1.29 is 9.59 Å². The summed E-state index contributed by atoms with van der Waals surface area (Å²) in [4.78, 5) is 29.1. The van der Waals surface area contributed by atoms with Crippen molar-refractivity contribution in [1.29, 1.82) is 0 Å². The molecule has 154 valence electrons. The third-order valence-electron chi connectivity index (χ3n) is 5.54. The van der Waals surface area contributed by atoms with Gasteiger partial charge in [-0.3, -0.25) is 9.69 Å². The first kappa shape index (κ1) is 20.6. The second-order valence-corrected chi connectivity index (χ2v) is 8.52. The molecule has 3 rings (SSSR count). The fourth-order valence-corrected chi connectivity index (χ4v) is 3.65. The summed E-state index contributed by atoms with van der Waals surface area (Å²) in [7, 11) is 0. The van der Waals surface area contributed by atoms with E-state index in [0.717, 1.165) is 57.4 Å². The van der Waals surface area contributed by atoms with Gasteiger partial charge in [0.05, 0.1) is 6.54 Å². The molecule has 0 spiro atoms. The third-order valence-corrected chi connectivity index (χ3v) is 5.54. The van der Waals surface area contributed by atoms with Crippen LogP contribution in [0.15, 0.2) is 30.3 Å². The SMILES string of the molecule is CC(C)CCN(C(=O)NC1CCN(CC(=O)Nc2ccccc2)CC1)C1CC1. The zero-order valence-electron chi connectivity index (χ0n) is 17.2. The van der Waals surface area contributed by atoms with E-state index in [0.29, 0.717) is 18.5 Å². The normalized spacial score (nSPS) is 18.1. The maximum Gasteiger partial charge on any atom is 0.317 e. The molecule has 1 aromatic rings. The number of anilines is 1. The van der Waals surface area contributed by atoms with Crippen LogP contribution in [0.4, 0.5) is 10.5 Å². The minimum atomic E-state index is 0.0160. The molecule has 1 aliphatic heterocycles. The summed E-state index contributed by atoms with van der Waals surface area (Å²) in [5.41, 5.74) is 0.830. The van der Waals surface area contributed by atoms with Gasteiger partial charge in [0, 0.05) is 37.4 Å². The van der Waals surface area contributed by atoms with Crippen LogP contribution in [-0.2, 0) is 4.79 Å². The predicted molar refractivity (Wildman–Crippen MR) is 112 cm³/mol. The zero-order valence-corrected chi connectivity index (χ0v) is 17.2. The molecule has 6 nitrogen and oxygen atoms in total. The highest BCUT2D eigenvalue weighted by Crippen LogP contribution is 2.27. The highest BCUT2D eigenvalue weighted by Gasteiger charge is 2.33. The highest BCUT2D eigenvalue weighted by atomic mass is 16.2. The number of likely N-dealkylation sites (tertiary alicyclic amines) is 1. The average Bonchev–Trinajstić information content (AvgIpc) is 3.49. The van der Waals surface area contributed by atoms with Gasteiger partial charge in [-0.25, -0.2) is 4.79 Å². The number of nitrogens with one attached hydrogen (secondary N) is 2. The van der Waals surface area contributed by atoms with Gasteiger partial charge in [-0.2, -0.15) is 0 Å². The molecule has 0 bridgehead atoms. The molecule has 0 radical (unpaired) electrons. The Bertz CT molecular complexity index is 637. The number of amides is 3. The average molecular weight is 387 g/mol. The summed E-state index contributed by atoms with van der Waals surface area (Å²) in [5.74, 6) is 0.626. The standard InChI is InChI=1S/C22H34N4O2/c1-17(2)10-15-26(20-8-9-20)22(28)24-19-11-13-25(14-12-19)16-21(27)23-18-6-4-3-5-7-18/h3-7,17,19-20H,8-16H2,1-2H3,(H,23,27)(H,24,28). The Kier molecular flexibility index (Phi) is 7.31. The van der Waals surface area contributed by atoms with Gasteiger partial charge >= 0.3 is 6.03 Å². The summed E-state index contributed by atoms with van der Waals surface area (Å²) in [6.07, 6.45) is 5.12. The molecule has 28 heavy (non-hydrogen) atoms. The van der Waals surface area contributed by atoms with E-state index in [1.54, 1.807) is 0 Å². The first-order valence-corrected chi connectivity index (χ1v) is 10.7. The molecule has 0 unspecified atom stereocenters. The van der Waals surface area contributed by atoms with Crippen LogP contribution in [0.5, 0.6) is 0 Å². The number of rotatable bonds is 8. The smallest absolute Gasteiger partial charge is 0.317 e. The molecule has 0 aromatic heterocycles. The lowest BCUT2D eigenvalue weighted by Crippen LogP contribution is -2.51. The molecule has 2 fully saturated rings. The van der Waals surface area contributed by atoms with E-state index in [4.69, 9.17) is 0 Å². The Labute approximate surface area is 168 Å². The number of hydrogen-bond acceptors (Lipinski definition) is 3. The molecule has 1 heterocycles. The van der Waals surface area contributed by atoms with Crippen molar-refractivity contribution in [3.05, 3.63) is 30.3 Å². The molecular formula is C22H34N4O2. The second kappa shape index (κ2) is 9.92. The number of carbonyl (C=O) groups excluding carboxylic acids is 2. The Morgan fingerprint density at radius 3 is 2.39 bits per heavy atom. The number of benzene rings is 1. The Hall–Kier alpha value is -2.08. The van der Waals surface area contributed by atoms with Crippen LogP contribution < -0.4 is 10.6 Å². The summed E-state index contributed by atoms with van der Waals surface area (Å²) in [5, 5.41) is 6.17. The number of hydrogen-bond donors (Lipinski definition) is 2. The minimum absolute atomic E-state index is 0.0160. The van der Waals surface area contributed by atoms with Crippen LogP contribution >= 0.6 is 0 Å². The van der Waals surface area contributed by atoms with E-state index in [-0.39, 0.29) is 18.0 Å². The van der Waals surface area contributed by atoms with E-state index in [1.807, 2.05) is 35.2 Å². The summed E-state index contributed by atoms with van der Waals surface area (Å²) < 4.78 is 0. The molecular weight excluding hydrogens is 352 g/mol. The van der Waals surface area contributed by atoms with Gasteiger partial charge in [0.1, 0.15) is 0 Å². The van der Waals surface area contributed by atoms with Gasteiger partial charge in [-0.15, -0.1) is 0 Å². The Balaban J connectivity index is 1.38. The van der Waals surface area contributed by atoms with Gasteiger partial charge in [-0.1, -0.05) is 32.0 Å². The van der Waals surface area contributed by atoms with Crippen LogP contribution in [0, 0.1) is 5.92 Å². The van der Waals surface area contributed by atoms with Gasteiger partial charge in [-0.05, 0) is 50.2 Å². The van der Waals surface area contributed by atoms with Gasteiger partial charge in [0.25, 0.3) is 0 Å². The molecule has 1 saturated heterocycles. The maximum atomic E-state index is 12.7. The number of carbonyl (C=O) groups is 2. The number of urea groups is 1. The predicted octanol–water partition coefficient (Wildman–Crippen LogP) is 3.31. The van der Waals surface area contributed by atoms with Gasteiger partial charge in [0.2, 0.25) is 5.91 Å². The van der Waals surface area contributed by atoms with Crippen molar-refractivity contribution in [3.8, 4) is 0 Å². The third kappa shape index (κ3) is 6.51. The van der Waals surface area contributed by atoms with E-state index in [2.05, 4.69) is 29.4 Å². The highest BCUT2D eigenvalue weighted by molar-refractivity contribution is 5.92. The minimum Gasteiger partial charge on any atom is -0.335 e. The van der Waals surface area contributed by atoms with Gasteiger partial charge < -0.3 is 15.5 Å². The molecule has 2 N–H and O–H groups in total.